The number of thioether (sulfide) groups is 1. The van der Waals surface area contributed by atoms with Gasteiger partial charge >= 0.3 is 0 Å². The molecule has 2 aromatic rings. The predicted molar refractivity (Wildman–Crippen MR) is 99.5 cm³/mol. The summed E-state index contributed by atoms with van der Waals surface area (Å²) in [6.07, 6.45) is 3.34. The third kappa shape index (κ3) is 4.45. The highest BCUT2D eigenvalue weighted by molar-refractivity contribution is 8.00. The summed E-state index contributed by atoms with van der Waals surface area (Å²) in [5.41, 5.74) is 1.80. The van der Waals surface area contributed by atoms with Gasteiger partial charge in [-0.1, -0.05) is 29.3 Å². The largest absolute Gasteiger partial charge is 0.350 e. The molecule has 1 saturated heterocycles. The first-order valence-electron chi connectivity index (χ1n) is 7.56. The summed E-state index contributed by atoms with van der Waals surface area (Å²) in [6.45, 7) is 0.399. The number of carbonyl (C=O) groups excluding carboxylic acids is 2. The van der Waals surface area contributed by atoms with Gasteiger partial charge in [-0.3, -0.25) is 14.6 Å². The lowest BCUT2D eigenvalue weighted by Crippen LogP contribution is -2.39. The molecule has 0 radical (unpaired) electrons. The minimum absolute atomic E-state index is 0.00181. The Kier molecular flexibility index (Phi) is 5.83. The molecule has 1 fully saturated rings. The van der Waals surface area contributed by atoms with Crippen LogP contribution in [0, 0.1) is 0 Å². The molecule has 1 unspecified atom stereocenters. The molecule has 0 aliphatic carbocycles. The van der Waals surface area contributed by atoms with E-state index in [2.05, 4.69) is 10.3 Å². The lowest BCUT2D eigenvalue weighted by molar-refractivity contribution is -0.133. The van der Waals surface area contributed by atoms with Crippen molar-refractivity contribution < 1.29 is 9.59 Å². The van der Waals surface area contributed by atoms with Crippen molar-refractivity contribution in [2.24, 2.45) is 0 Å². The molecule has 0 bridgehead atoms. The number of nitrogens with zero attached hydrogens (tertiary/aromatic N) is 2. The molecule has 3 rings (SSSR count). The monoisotopic (exact) mass is 395 g/mol. The number of carbonyl (C=O) groups is 2. The van der Waals surface area contributed by atoms with E-state index >= 15 is 0 Å². The smallest absolute Gasteiger partial charge is 0.239 e. The second kappa shape index (κ2) is 8.08. The lowest BCUT2D eigenvalue weighted by Gasteiger charge is -2.24. The van der Waals surface area contributed by atoms with Gasteiger partial charge in [-0.2, -0.15) is 0 Å². The number of amides is 2. The average molecular weight is 396 g/mol. The summed E-state index contributed by atoms with van der Waals surface area (Å²) in [5.74, 6) is 0.0561. The van der Waals surface area contributed by atoms with Crippen LogP contribution in [-0.4, -0.2) is 34.0 Å². The zero-order valence-electron chi connectivity index (χ0n) is 13.1. The van der Waals surface area contributed by atoms with Crippen LogP contribution in [0.15, 0.2) is 42.7 Å². The first kappa shape index (κ1) is 18.0. The van der Waals surface area contributed by atoms with Gasteiger partial charge in [-0.05, 0) is 35.4 Å². The van der Waals surface area contributed by atoms with Gasteiger partial charge in [0.15, 0.2) is 0 Å². The van der Waals surface area contributed by atoms with Crippen molar-refractivity contribution in [3.05, 3.63) is 63.9 Å². The fourth-order valence-corrected chi connectivity index (χ4v) is 3.96. The minimum atomic E-state index is -0.242. The van der Waals surface area contributed by atoms with Gasteiger partial charge in [0.2, 0.25) is 11.8 Å². The maximum Gasteiger partial charge on any atom is 0.239 e. The Bertz CT molecular complexity index is 789. The molecule has 0 spiro atoms. The third-order valence-electron chi connectivity index (χ3n) is 3.75. The zero-order valence-corrected chi connectivity index (χ0v) is 15.4. The second-order valence-corrected chi connectivity index (χ2v) is 7.37. The highest BCUT2D eigenvalue weighted by atomic mass is 35.5. The third-order valence-corrected chi connectivity index (χ3v) is 5.74. The molecule has 130 valence electrons. The second-order valence-electron chi connectivity index (χ2n) is 5.49. The van der Waals surface area contributed by atoms with Crippen molar-refractivity contribution in [1.29, 1.82) is 0 Å². The van der Waals surface area contributed by atoms with Crippen LogP contribution < -0.4 is 5.32 Å². The van der Waals surface area contributed by atoms with Crippen molar-refractivity contribution in [1.82, 2.24) is 15.2 Å². The van der Waals surface area contributed by atoms with Gasteiger partial charge in [0.05, 0.1) is 15.8 Å². The first-order valence-corrected chi connectivity index (χ1v) is 9.36. The van der Waals surface area contributed by atoms with E-state index in [1.807, 2.05) is 18.2 Å². The van der Waals surface area contributed by atoms with E-state index in [9.17, 15) is 9.59 Å². The minimum Gasteiger partial charge on any atom is -0.350 e. The van der Waals surface area contributed by atoms with Crippen LogP contribution in [0.5, 0.6) is 0 Å². The fourth-order valence-electron chi connectivity index (χ4n) is 2.48. The quantitative estimate of drug-likeness (QED) is 0.843. The number of aromatic nitrogens is 1. The molecule has 1 atom stereocenters. The van der Waals surface area contributed by atoms with Crippen LogP contribution >= 0.6 is 35.0 Å². The Morgan fingerprint density at radius 1 is 1.24 bits per heavy atom. The van der Waals surface area contributed by atoms with Crippen molar-refractivity contribution in [3.8, 4) is 0 Å². The van der Waals surface area contributed by atoms with Crippen LogP contribution in [0.25, 0.3) is 0 Å². The van der Waals surface area contributed by atoms with Gasteiger partial charge in [-0.15, -0.1) is 11.8 Å². The maximum atomic E-state index is 12.2. The highest BCUT2D eigenvalue weighted by Gasteiger charge is 2.34. The van der Waals surface area contributed by atoms with Gasteiger partial charge in [-0.25, -0.2) is 0 Å². The molecule has 1 N–H and O–H groups in total. The molecule has 2 amide bonds. The number of halogens is 2. The standard InChI is InChI=1S/C17H15Cl2N3O2S/c18-13-2-1-12(7-14(13)19)17-22(16(24)10-25-17)9-15(23)21-8-11-3-5-20-6-4-11/h1-7,17H,8-10H2,(H,21,23). The van der Waals surface area contributed by atoms with Crippen LogP contribution in [0.2, 0.25) is 10.0 Å². The Hall–Kier alpha value is -1.76. The highest BCUT2D eigenvalue weighted by Crippen LogP contribution is 2.40. The van der Waals surface area contributed by atoms with Crippen molar-refractivity contribution in [2.45, 2.75) is 11.9 Å². The Morgan fingerprint density at radius 3 is 2.72 bits per heavy atom. The SMILES string of the molecule is O=C(CN1C(=O)CSC1c1ccc(Cl)c(Cl)c1)NCc1ccncc1. The van der Waals surface area contributed by atoms with E-state index < -0.39 is 0 Å². The summed E-state index contributed by atoms with van der Waals surface area (Å²) < 4.78 is 0. The summed E-state index contributed by atoms with van der Waals surface area (Å²) in [7, 11) is 0. The molecule has 1 aromatic heterocycles. The molecule has 0 saturated carbocycles. The van der Waals surface area contributed by atoms with Crippen LogP contribution in [-0.2, 0) is 16.1 Å². The molecule has 5 nitrogen and oxygen atoms in total. The fraction of sp³-hybridized carbons (Fsp3) is 0.235. The van der Waals surface area contributed by atoms with E-state index in [0.29, 0.717) is 22.3 Å². The number of benzene rings is 1. The normalized spacial score (nSPS) is 17.0. The van der Waals surface area contributed by atoms with Crippen molar-refractivity contribution >= 4 is 46.8 Å². The summed E-state index contributed by atoms with van der Waals surface area (Å²) >= 11 is 13.5. The number of rotatable bonds is 5. The van der Waals surface area contributed by atoms with Gasteiger partial charge in [0.25, 0.3) is 0 Å². The first-order chi connectivity index (χ1) is 12.0. The van der Waals surface area contributed by atoms with Gasteiger partial charge < -0.3 is 10.2 Å². The molecule has 8 heteroatoms. The summed E-state index contributed by atoms with van der Waals surface area (Å²) in [4.78, 5) is 29.9. The van der Waals surface area contributed by atoms with E-state index in [4.69, 9.17) is 23.2 Å². The van der Waals surface area contributed by atoms with Gasteiger partial charge in [0.1, 0.15) is 11.9 Å². The molecular formula is C17H15Cl2N3O2S. The Balaban J connectivity index is 1.65. The van der Waals surface area contributed by atoms with Crippen LogP contribution in [0.3, 0.4) is 0 Å². The molecule has 2 heterocycles. The van der Waals surface area contributed by atoms with E-state index in [1.165, 1.54) is 11.8 Å². The summed E-state index contributed by atoms with van der Waals surface area (Å²) in [5, 5.41) is 3.47. The summed E-state index contributed by atoms with van der Waals surface area (Å²) in [6, 6.07) is 8.92. The van der Waals surface area contributed by atoms with Crippen molar-refractivity contribution in [2.75, 3.05) is 12.3 Å². The van der Waals surface area contributed by atoms with E-state index in [-0.39, 0.29) is 23.7 Å². The van der Waals surface area contributed by atoms with E-state index in [0.717, 1.165) is 11.1 Å². The van der Waals surface area contributed by atoms with Crippen molar-refractivity contribution in [3.63, 3.8) is 0 Å². The molecular weight excluding hydrogens is 381 g/mol. The topological polar surface area (TPSA) is 62.3 Å². The van der Waals surface area contributed by atoms with Crippen LogP contribution in [0.4, 0.5) is 0 Å². The molecule has 25 heavy (non-hydrogen) atoms. The number of hydrogen-bond acceptors (Lipinski definition) is 4. The van der Waals surface area contributed by atoms with E-state index in [1.54, 1.807) is 29.4 Å². The maximum absolute atomic E-state index is 12.2. The lowest BCUT2D eigenvalue weighted by atomic mass is 10.2. The zero-order chi connectivity index (χ0) is 17.8. The van der Waals surface area contributed by atoms with Crippen LogP contribution in [0.1, 0.15) is 16.5 Å². The number of nitrogens with one attached hydrogen (secondary N) is 1. The average Bonchev–Trinajstić information content (AvgIpc) is 2.97. The van der Waals surface area contributed by atoms with Gasteiger partial charge in [0, 0.05) is 18.9 Å². The Labute approximate surface area is 159 Å². The molecule has 1 aliphatic heterocycles. The Morgan fingerprint density at radius 2 is 2.00 bits per heavy atom. The molecule has 1 aliphatic rings. The number of pyridine rings is 1. The number of hydrogen-bond donors (Lipinski definition) is 1. The predicted octanol–water partition coefficient (Wildman–Crippen LogP) is 3.28. The molecule has 1 aromatic carbocycles.